The van der Waals surface area contributed by atoms with Crippen LogP contribution in [-0.4, -0.2) is 24.1 Å². The van der Waals surface area contributed by atoms with Crippen molar-refractivity contribution in [3.8, 4) is 0 Å². The van der Waals surface area contributed by atoms with Gasteiger partial charge < -0.3 is 10.2 Å². The molecule has 134 valence electrons. The van der Waals surface area contributed by atoms with Crippen LogP contribution in [0.25, 0.3) is 0 Å². The zero-order chi connectivity index (χ0) is 18.8. The lowest BCUT2D eigenvalue weighted by Gasteiger charge is -2.18. The Morgan fingerprint density at radius 2 is 1.73 bits per heavy atom. The highest BCUT2D eigenvalue weighted by molar-refractivity contribution is 6.03. The van der Waals surface area contributed by atoms with Crippen LogP contribution in [0.1, 0.15) is 34.8 Å². The molecule has 5 heteroatoms. The topological polar surface area (TPSA) is 66.5 Å². The summed E-state index contributed by atoms with van der Waals surface area (Å²) in [5.74, 6) is -0.634. The summed E-state index contributed by atoms with van der Waals surface area (Å²) in [6.45, 7) is 5.91. The second-order valence-corrected chi connectivity index (χ2v) is 6.80. The summed E-state index contributed by atoms with van der Waals surface area (Å²) in [5.41, 5.74) is 4.34. The van der Waals surface area contributed by atoms with Crippen LogP contribution < -0.4 is 10.2 Å². The van der Waals surface area contributed by atoms with Crippen LogP contribution in [0.15, 0.2) is 42.5 Å². The molecule has 2 aromatic carbocycles. The van der Waals surface area contributed by atoms with E-state index in [9.17, 15) is 14.4 Å². The first kappa shape index (κ1) is 17.9. The molecule has 1 aliphatic rings. The van der Waals surface area contributed by atoms with Crippen molar-refractivity contribution in [1.29, 1.82) is 0 Å². The average molecular weight is 350 g/mol. The largest absolute Gasteiger partial charge is 0.326 e. The molecule has 0 saturated carbocycles. The molecule has 1 saturated heterocycles. The van der Waals surface area contributed by atoms with Gasteiger partial charge in [-0.2, -0.15) is 0 Å². The fourth-order valence-corrected chi connectivity index (χ4v) is 3.06. The summed E-state index contributed by atoms with van der Waals surface area (Å²) in [6, 6.07) is 12.6. The molecule has 0 spiro atoms. The molecule has 2 amide bonds. The van der Waals surface area contributed by atoms with Crippen LogP contribution in [0, 0.1) is 19.8 Å². The van der Waals surface area contributed by atoms with E-state index >= 15 is 0 Å². The smallest absolute Gasteiger partial charge is 0.229 e. The monoisotopic (exact) mass is 350 g/mol. The lowest BCUT2D eigenvalue weighted by molar-refractivity contribution is -0.122. The van der Waals surface area contributed by atoms with Crippen molar-refractivity contribution in [2.24, 2.45) is 5.92 Å². The summed E-state index contributed by atoms with van der Waals surface area (Å²) in [5, 5.41) is 2.83. The number of amides is 2. The Morgan fingerprint density at radius 3 is 2.35 bits per heavy atom. The molecular formula is C21H22N2O3. The number of ketones is 1. The fourth-order valence-electron chi connectivity index (χ4n) is 3.06. The molecule has 5 nitrogen and oxygen atoms in total. The average Bonchev–Trinajstić information content (AvgIpc) is 3.00. The number of aryl methyl sites for hydroxylation is 2. The first-order chi connectivity index (χ1) is 12.3. The Morgan fingerprint density at radius 1 is 1.04 bits per heavy atom. The maximum absolute atomic E-state index is 12.5. The zero-order valence-corrected chi connectivity index (χ0v) is 15.2. The van der Waals surface area contributed by atoms with Gasteiger partial charge in [-0.25, -0.2) is 0 Å². The Kier molecular flexibility index (Phi) is 4.89. The fraction of sp³-hybridized carbons (Fsp3) is 0.286. The third-order valence-electron chi connectivity index (χ3n) is 4.86. The normalized spacial score (nSPS) is 16.7. The van der Waals surface area contributed by atoms with E-state index in [4.69, 9.17) is 0 Å². The molecule has 0 aliphatic carbocycles. The van der Waals surface area contributed by atoms with E-state index in [0.717, 1.165) is 11.3 Å². The third kappa shape index (κ3) is 3.67. The highest BCUT2D eigenvalue weighted by Crippen LogP contribution is 2.27. The third-order valence-corrected chi connectivity index (χ3v) is 4.86. The molecule has 26 heavy (non-hydrogen) atoms. The Balaban J connectivity index is 1.68. The number of Topliss-reactive ketones (excluding diaryl/α,β-unsaturated/α-hetero) is 1. The standard InChI is InChI=1S/C21H22N2O3/c1-13-4-9-19(10-14(13)2)23-12-17(11-20(23)25)21(26)22-18-7-5-16(6-8-18)15(3)24/h4-10,17H,11-12H2,1-3H3,(H,22,26). The number of carbonyl (C=O) groups excluding carboxylic acids is 3. The molecular weight excluding hydrogens is 328 g/mol. The summed E-state index contributed by atoms with van der Waals surface area (Å²) in [4.78, 5) is 37.9. The van der Waals surface area contributed by atoms with E-state index in [0.29, 0.717) is 17.8 Å². The van der Waals surface area contributed by atoms with Crippen LogP contribution in [-0.2, 0) is 9.59 Å². The van der Waals surface area contributed by atoms with Crippen molar-refractivity contribution in [2.45, 2.75) is 27.2 Å². The van der Waals surface area contributed by atoms with E-state index in [2.05, 4.69) is 5.32 Å². The maximum atomic E-state index is 12.5. The molecule has 2 aromatic rings. The van der Waals surface area contributed by atoms with Crippen molar-refractivity contribution in [2.75, 3.05) is 16.8 Å². The molecule has 1 unspecified atom stereocenters. The second kappa shape index (κ2) is 7.12. The van der Waals surface area contributed by atoms with Gasteiger partial charge in [0, 0.05) is 29.9 Å². The minimum absolute atomic E-state index is 0.0201. The Labute approximate surface area is 153 Å². The number of hydrogen-bond donors (Lipinski definition) is 1. The highest BCUT2D eigenvalue weighted by atomic mass is 16.2. The minimum atomic E-state index is -0.392. The van der Waals surface area contributed by atoms with Gasteiger partial charge in [0.15, 0.2) is 5.78 Å². The number of hydrogen-bond acceptors (Lipinski definition) is 3. The molecule has 1 N–H and O–H groups in total. The first-order valence-electron chi connectivity index (χ1n) is 8.64. The van der Waals surface area contributed by atoms with Gasteiger partial charge in [0.1, 0.15) is 0 Å². The quantitative estimate of drug-likeness (QED) is 0.858. The number of anilines is 2. The number of nitrogens with one attached hydrogen (secondary N) is 1. The first-order valence-corrected chi connectivity index (χ1v) is 8.64. The van der Waals surface area contributed by atoms with Gasteiger partial charge in [-0.1, -0.05) is 6.07 Å². The number of benzene rings is 2. The van der Waals surface area contributed by atoms with Crippen molar-refractivity contribution in [3.63, 3.8) is 0 Å². The predicted molar refractivity (Wildman–Crippen MR) is 101 cm³/mol. The number of rotatable bonds is 4. The molecule has 1 atom stereocenters. The summed E-state index contributed by atoms with van der Waals surface area (Å²) >= 11 is 0. The van der Waals surface area contributed by atoms with Crippen molar-refractivity contribution in [1.82, 2.24) is 0 Å². The van der Waals surface area contributed by atoms with Gasteiger partial charge in [-0.3, -0.25) is 14.4 Å². The lowest BCUT2D eigenvalue weighted by atomic mass is 10.1. The van der Waals surface area contributed by atoms with Gasteiger partial charge in [0.05, 0.1) is 5.92 Å². The SMILES string of the molecule is CC(=O)c1ccc(NC(=O)C2CC(=O)N(c3ccc(C)c(C)c3)C2)cc1. The van der Waals surface area contributed by atoms with E-state index in [-0.39, 0.29) is 24.0 Å². The van der Waals surface area contributed by atoms with E-state index in [1.54, 1.807) is 29.2 Å². The number of nitrogens with zero attached hydrogens (tertiary/aromatic N) is 1. The molecule has 1 fully saturated rings. The van der Waals surface area contributed by atoms with Gasteiger partial charge >= 0.3 is 0 Å². The zero-order valence-electron chi connectivity index (χ0n) is 15.2. The van der Waals surface area contributed by atoms with Crippen LogP contribution in [0.5, 0.6) is 0 Å². The van der Waals surface area contributed by atoms with Gasteiger partial charge in [-0.15, -0.1) is 0 Å². The molecule has 1 heterocycles. The highest BCUT2D eigenvalue weighted by Gasteiger charge is 2.35. The van der Waals surface area contributed by atoms with E-state index in [1.165, 1.54) is 12.5 Å². The Hall–Kier alpha value is -2.95. The Bertz CT molecular complexity index is 871. The van der Waals surface area contributed by atoms with Crippen LogP contribution >= 0.6 is 0 Å². The molecule has 1 aliphatic heterocycles. The van der Waals surface area contributed by atoms with Crippen LogP contribution in [0.2, 0.25) is 0 Å². The minimum Gasteiger partial charge on any atom is -0.326 e. The summed E-state index contributed by atoms with van der Waals surface area (Å²) in [6.07, 6.45) is 0.199. The predicted octanol–water partition coefficient (Wildman–Crippen LogP) is 3.50. The molecule has 0 radical (unpaired) electrons. The van der Waals surface area contributed by atoms with Crippen molar-refractivity contribution in [3.05, 3.63) is 59.2 Å². The number of carbonyl (C=O) groups is 3. The molecule has 3 rings (SSSR count). The maximum Gasteiger partial charge on any atom is 0.229 e. The van der Waals surface area contributed by atoms with Crippen LogP contribution in [0.4, 0.5) is 11.4 Å². The van der Waals surface area contributed by atoms with E-state index in [1.807, 2.05) is 32.0 Å². The van der Waals surface area contributed by atoms with Crippen LogP contribution in [0.3, 0.4) is 0 Å². The summed E-state index contributed by atoms with van der Waals surface area (Å²) < 4.78 is 0. The van der Waals surface area contributed by atoms with Gasteiger partial charge in [-0.05, 0) is 68.3 Å². The summed E-state index contributed by atoms with van der Waals surface area (Å²) in [7, 11) is 0. The molecule has 0 bridgehead atoms. The lowest BCUT2D eigenvalue weighted by Crippen LogP contribution is -2.28. The van der Waals surface area contributed by atoms with Crippen molar-refractivity contribution < 1.29 is 14.4 Å². The van der Waals surface area contributed by atoms with E-state index < -0.39 is 5.92 Å². The second-order valence-electron chi connectivity index (χ2n) is 6.80. The van der Waals surface area contributed by atoms with Crippen molar-refractivity contribution >= 4 is 29.0 Å². The van der Waals surface area contributed by atoms with Gasteiger partial charge in [0.2, 0.25) is 11.8 Å². The molecule has 0 aromatic heterocycles. The van der Waals surface area contributed by atoms with Gasteiger partial charge in [0.25, 0.3) is 0 Å².